The SMILES string of the molecule is CC(C)COc1ccc(/C=N\n2c(C3CCCO3)n[nH]c2=S)cc1. The molecule has 1 aromatic heterocycles. The van der Waals surface area contributed by atoms with Crippen molar-refractivity contribution in [3.8, 4) is 5.75 Å². The molecule has 2 heterocycles. The van der Waals surface area contributed by atoms with Gasteiger partial charge in [-0.15, -0.1) is 0 Å². The van der Waals surface area contributed by atoms with Gasteiger partial charge in [0.25, 0.3) is 0 Å². The molecule has 1 aromatic carbocycles. The van der Waals surface area contributed by atoms with E-state index in [1.807, 2.05) is 24.3 Å². The third-order valence-electron chi connectivity index (χ3n) is 3.68. The molecule has 7 heteroatoms. The molecule has 0 saturated carbocycles. The third-order valence-corrected chi connectivity index (χ3v) is 3.94. The van der Waals surface area contributed by atoms with E-state index in [9.17, 15) is 0 Å². The molecule has 3 rings (SSSR count). The smallest absolute Gasteiger partial charge is 0.216 e. The van der Waals surface area contributed by atoms with Gasteiger partial charge in [-0.25, -0.2) is 0 Å². The summed E-state index contributed by atoms with van der Waals surface area (Å²) in [4.78, 5) is 0. The molecule has 0 amide bonds. The van der Waals surface area contributed by atoms with Crippen LogP contribution in [0.2, 0.25) is 0 Å². The van der Waals surface area contributed by atoms with Gasteiger partial charge in [0.05, 0.1) is 12.8 Å². The van der Waals surface area contributed by atoms with Gasteiger partial charge in [-0.2, -0.15) is 14.9 Å². The Morgan fingerprint density at radius 2 is 2.25 bits per heavy atom. The zero-order chi connectivity index (χ0) is 16.9. The van der Waals surface area contributed by atoms with Crippen molar-refractivity contribution >= 4 is 18.4 Å². The molecule has 0 aliphatic carbocycles. The van der Waals surface area contributed by atoms with Crippen LogP contribution >= 0.6 is 12.2 Å². The molecule has 1 unspecified atom stereocenters. The Hall–Kier alpha value is -1.99. The second-order valence-corrected chi connectivity index (χ2v) is 6.61. The number of aromatic amines is 1. The van der Waals surface area contributed by atoms with Crippen molar-refractivity contribution in [3.05, 3.63) is 40.4 Å². The van der Waals surface area contributed by atoms with Crippen molar-refractivity contribution in [3.63, 3.8) is 0 Å². The Bertz CT molecular complexity index is 743. The van der Waals surface area contributed by atoms with Gasteiger partial charge in [-0.3, -0.25) is 5.10 Å². The molecule has 1 saturated heterocycles. The fourth-order valence-electron chi connectivity index (χ4n) is 2.44. The lowest BCUT2D eigenvalue weighted by Gasteiger charge is -2.08. The Morgan fingerprint density at radius 1 is 1.46 bits per heavy atom. The monoisotopic (exact) mass is 346 g/mol. The van der Waals surface area contributed by atoms with Crippen LogP contribution in [0.1, 0.15) is 44.2 Å². The number of hydrogen-bond acceptors (Lipinski definition) is 5. The number of H-pyrrole nitrogens is 1. The maximum Gasteiger partial charge on any atom is 0.216 e. The summed E-state index contributed by atoms with van der Waals surface area (Å²) < 4.78 is 13.4. The Morgan fingerprint density at radius 3 is 2.92 bits per heavy atom. The van der Waals surface area contributed by atoms with Crippen molar-refractivity contribution in [2.75, 3.05) is 13.2 Å². The van der Waals surface area contributed by atoms with Crippen LogP contribution in [0.3, 0.4) is 0 Å². The molecular formula is C17H22N4O2S. The fraction of sp³-hybridized carbons (Fsp3) is 0.471. The predicted octanol–water partition coefficient (Wildman–Crippen LogP) is 3.71. The number of nitrogens with one attached hydrogen (secondary N) is 1. The maximum absolute atomic E-state index is 5.68. The average molecular weight is 346 g/mol. The van der Waals surface area contributed by atoms with Gasteiger partial charge < -0.3 is 9.47 Å². The van der Waals surface area contributed by atoms with Crippen LogP contribution in [0.25, 0.3) is 0 Å². The summed E-state index contributed by atoms with van der Waals surface area (Å²) in [7, 11) is 0. The summed E-state index contributed by atoms with van der Waals surface area (Å²) in [5.74, 6) is 2.09. The molecule has 1 aliphatic heterocycles. The topological polar surface area (TPSA) is 64.4 Å². The summed E-state index contributed by atoms with van der Waals surface area (Å²) in [6, 6.07) is 7.82. The van der Waals surface area contributed by atoms with Gasteiger partial charge in [0.2, 0.25) is 4.77 Å². The average Bonchev–Trinajstić information content (AvgIpc) is 3.21. The normalized spacial score (nSPS) is 17.9. The van der Waals surface area contributed by atoms with E-state index < -0.39 is 0 Å². The van der Waals surface area contributed by atoms with E-state index in [2.05, 4.69) is 29.1 Å². The van der Waals surface area contributed by atoms with E-state index >= 15 is 0 Å². The zero-order valence-electron chi connectivity index (χ0n) is 13.9. The first kappa shape index (κ1) is 16.9. The third kappa shape index (κ3) is 4.10. The van der Waals surface area contributed by atoms with Crippen molar-refractivity contribution < 1.29 is 9.47 Å². The van der Waals surface area contributed by atoms with Crippen molar-refractivity contribution in [2.24, 2.45) is 11.0 Å². The lowest BCUT2D eigenvalue weighted by molar-refractivity contribution is 0.102. The van der Waals surface area contributed by atoms with Crippen molar-refractivity contribution in [2.45, 2.75) is 32.8 Å². The molecule has 1 aliphatic rings. The number of aromatic nitrogens is 3. The highest BCUT2D eigenvalue weighted by atomic mass is 32.1. The van der Waals surface area contributed by atoms with E-state index in [0.29, 0.717) is 17.3 Å². The summed E-state index contributed by atoms with van der Waals surface area (Å²) in [6.45, 7) is 5.72. The van der Waals surface area contributed by atoms with Gasteiger partial charge >= 0.3 is 0 Å². The van der Waals surface area contributed by atoms with E-state index in [4.69, 9.17) is 21.7 Å². The van der Waals surface area contributed by atoms with E-state index in [1.54, 1.807) is 10.9 Å². The lowest BCUT2D eigenvalue weighted by atomic mass is 10.2. The molecule has 6 nitrogen and oxygen atoms in total. The highest BCUT2D eigenvalue weighted by molar-refractivity contribution is 7.71. The van der Waals surface area contributed by atoms with Crippen LogP contribution < -0.4 is 4.74 Å². The quantitative estimate of drug-likeness (QED) is 0.640. The van der Waals surface area contributed by atoms with Crippen LogP contribution in [0.4, 0.5) is 0 Å². The molecule has 0 bridgehead atoms. The number of ether oxygens (including phenoxy) is 2. The standard InChI is InChI=1S/C17H22N4O2S/c1-12(2)11-23-14-7-5-13(6-8-14)10-18-21-16(19-20-17(21)24)15-4-3-9-22-15/h5-8,10,12,15H,3-4,9,11H2,1-2H3,(H,20,24)/b18-10-. The number of benzene rings is 1. The molecule has 2 aromatic rings. The minimum atomic E-state index is -0.0399. The van der Waals surface area contributed by atoms with Gasteiger partial charge in [0.15, 0.2) is 5.82 Å². The first-order valence-corrected chi connectivity index (χ1v) is 8.60. The van der Waals surface area contributed by atoms with E-state index in [-0.39, 0.29) is 6.10 Å². The second-order valence-electron chi connectivity index (χ2n) is 6.22. The minimum Gasteiger partial charge on any atom is -0.493 e. The molecule has 1 fully saturated rings. The van der Waals surface area contributed by atoms with Crippen molar-refractivity contribution in [1.82, 2.24) is 14.9 Å². The van der Waals surface area contributed by atoms with Gasteiger partial charge in [0, 0.05) is 6.61 Å². The fourth-order valence-corrected chi connectivity index (χ4v) is 2.63. The summed E-state index contributed by atoms with van der Waals surface area (Å²) in [6.07, 6.45) is 3.70. The van der Waals surface area contributed by atoms with Crippen molar-refractivity contribution in [1.29, 1.82) is 0 Å². The molecule has 128 valence electrons. The Labute approximate surface area is 146 Å². The van der Waals surface area contributed by atoms with Gasteiger partial charge in [-0.1, -0.05) is 13.8 Å². The minimum absolute atomic E-state index is 0.0399. The summed E-state index contributed by atoms with van der Waals surface area (Å²) >= 11 is 5.26. The molecular weight excluding hydrogens is 324 g/mol. The van der Waals surface area contributed by atoms with Crippen LogP contribution in [0.5, 0.6) is 5.75 Å². The van der Waals surface area contributed by atoms with Crippen LogP contribution in [0, 0.1) is 10.7 Å². The predicted molar refractivity (Wildman–Crippen MR) is 95.1 cm³/mol. The maximum atomic E-state index is 5.68. The molecule has 0 spiro atoms. The molecule has 0 radical (unpaired) electrons. The van der Waals surface area contributed by atoms with Crippen LogP contribution in [-0.2, 0) is 4.74 Å². The first-order chi connectivity index (χ1) is 11.6. The molecule has 24 heavy (non-hydrogen) atoms. The number of nitrogens with zero attached hydrogens (tertiary/aromatic N) is 3. The summed E-state index contributed by atoms with van der Waals surface area (Å²) in [5, 5.41) is 11.5. The van der Waals surface area contributed by atoms with Gasteiger partial charge in [-0.05, 0) is 60.8 Å². The highest BCUT2D eigenvalue weighted by Crippen LogP contribution is 2.26. The zero-order valence-corrected chi connectivity index (χ0v) is 14.8. The Balaban J connectivity index is 1.72. The molecule has 1 atom stereocenters. The molecule has 1 N–H and O–H groups in total. The van der Waals surface area contributed by atoms with E-state index in [0.717, 1.165) is 36.6 Å². The Kier molecular flexibility index (Phi) is 5.42. The van der Waals surface area contributed by atoms with Crippen LogP contribution in [-0.4, -0.2) is 34.3 Å². The number of rotatable bonds is 6. The second kappa shape index (κ2) is 7.72. The first-order valence-electron chi connectivity index (χ1n) is 8.19. The van der Waals surface area contributed by atoms with Crippen LogP contribution in [0.15, 0.2) is 29.4 Å². The lowest BCUT2D eigenvalue weighted by Crippen LogP contribution is -2.05. The van der Waals surface area contributed by atoms with E-state index in [1.165, 1.54) is 0 Å². The van der Waals surface area contributed by atoms with Gasteiger partial charge in [0.1, 0.15) is 11.9 Å². The summed E-state index contributed by atoms with van der Waals surface area (Å²) in [5.41, 5.74) is 0.966. The highest BCUT2D eigenvalue weighted by Gasteiger charge is 2.23. The largest absolute Gasteiger partial charge is 0.493 e. The number of hydrogen-bond donors (Lipinski definition) is 1.